The molecule has 0 aromatic heterocycles. The van der Waals surface area contributed by atoms with Gasteiger partial charge in [-0.3, -0.25) is 9.59 Å². The number of likely N-dealkylation sites (N-methyl/N-ethyl adjacent to an activating group) is 1. The van der Waals surface area contributed by atoms with E-state index < -0.39 is 5.97 Å². The molecule has 0 radical (unpaired) electrons. The fourth-order valence-electron chi connectivity index (χ4n) is 1.94. The molecule has 0 saturated carbocycles. The quantitative estimate of drug-likeness (QED) is 0.627. The van der Waals surface area contributed by atoms with Gasteiger partial charge in [0.05, 0.1) is 5.56 Å². The van der Waals surface area contributed by atoms with E-state index in [1.165, 1.54) is 11.0 Å². The summed E-state index contributed by atoms with van der Waals surface area (Å²) in [6.07, 6.45) is 0. The molecule has 0 fully saturated rings. The summed E-state index contributed by atoms with van der Waals surface area (Å²) in [6.45, 7) is -0.361. The topological polar surface area (TPSA) is 63.7 Å². The standard InChI is InChI=1S/C18H17NO4/c1-19(2)16(20)12-23-18(22)15-11-7-6-10-14(15)17(21)13-8-4-3-5-9-13/h3-11H,12H2,1-2H3. The van der Waals surface area contributed by atoms with Crippen molar-refractivity contribution in [3.63, 3.8) is 0 Å². The Morgan fingerprint density at radius 3 is 2.04 bits per heavy atom. The van der Waals surface area contributed by atoms with Gasteiger partial charge in [-0.2, -0.15) is 0 Å². The molecule has 118 valence electrons. The van der Waals surface area contributed by atoms with E-state index in [0.29, 0.717) is 5.56 Å². The molecule has 2 rings (SSSR count). The van der Waals surface area contributed by atoms with Gasteiger partial charge in [0.1, 0.15) is 0 Å². The maximum atomic E-state index is 12.5. The van der Waals surface area contributed by atoms with Crippen LogP contribution in [-0.4, -0.2) is 43.3 Å². The van der Waals surface area contributed by atoms with Gasteiger partial charge < -0.3 is 9.64 Å². The number of hydrogen-bond donors (Lipinski definition) is 0. The number of ether oxygens (including phenoxy) is 1. The van der Waals surface area contributed by atoms with E-state index >= 15 is 0 Å². The van der Waals surface area contributed by atoms with E-state index in [9.17, 15) is 14.4 Å². The molecule has 0 N–H and O–H groups in total. The fraction of sp³-hybridized carbons (Fsp3) is 0.167. The Balaban J connectivity index is 2.22. The zero-order valence-corrected chi connectivity index (χ0v) is 13.0. The van der Waals surface area contributed by atoms with Crippen LogP contribution in [0.2, 0.25) is 0 Å². The largest absolute Gasteiger partial charge is 0.452 e. The molecule has 2 aromatic rings. The summed E-state index contributed by atoms with van der Waals surface area (Å²) >= 11 is 0. The van der Waals surface area contributed by atoms with Crippen LogP contribution in [-0.2, 0) is 9.53 Å². The number of amides is 1. The molecular formula is C18H17NO4. The zero-order valence-electron chi connectivity index (χ0n) is 13.0. The molecule has 23 heavy (non-hydrogen) atoms. The van der Waals surface area contributed by atoms with Crippen LogP contribution in [0.1, 0.15) is 26.3 Å². The van der Waals surface area contributed by atoms with Crippen LogP contribution in [0, 0.1) is 0 Å². The van der Waals surface area contributed by atoms with E-state index in [1.807, 2.05) is 6.07 Å². The molecule has 0 atom stereocenters. The number of ketones is 1. The molecule has 2 aromatic carbocycles. The van der Waals surface area contributed by atoms with Crippen LogP contribution < -0.4 is 0 Å². The van der Waals surface area contributed by atoms with Crippen molar-refractivity contribution < 1.29 is 19.1 Å². The highest BCUT2D eigenvalue weighted by molar-refractivity contribution is 6.14. The van der Waals surface area contributed by atoms with Crippen molar-refractivity contribution >= 4 is 17.7 Å². The lowest BCUT2D eigenvalue weighted by Crippen LogP contribution is -2.28. The summed E-state index contributed by atoms with van der Waals surface area (Å²) in [5, 5.41) is 0. The predicted octanol–water partition coefficient (Wildman–Crippen LogP) is 2.16. The van der Waals surface area contributed by atoms with Gasteiger partial charge in [-0.05, 0) is 6.07 Å². The van der Waals surface area contributed by atoms with E-state index in [4.69, 9.17) is 4.74 Å². The van der Waals surface area contributed by atoms with Gasteiger partial charge in [-0.1, -0.05) is 48.5 Å². The second kappa shape index (κ2) is 7.35. The Bertz CT molecular complexity index is 723. The highest BCUT2D eigenvalue weighted by atomic mass is 16.5. The molecule has 5 nitrogen and oxygen atoms in total. The maximum Gasteiger partial charge on any atom is 0.339 e. The Morgan fingerprint density at radius 2 is 1.43 bits per heavy atom. The molecule has 0 saturated heterocycles. The number of rotatable bonds is 5. The molecule has 0 aliphatic heterocycles. The first-order chi connectivity index (χ1) is 11.0. The van der Waals surface area contributed by atoms with E-state index in [1.54, 1.807) is 56.6 Å². The summed E-state index contributed by atoms with van der Waals surface area (Å²) in [5.74, 6) is -1.29. The molecule has 0 heterocycles. The first-order valence-electron chi connectivity index (χ1n) is 7.06. The van der Waals surface area contributed by atoms with Gasteiger partial charge in [-0.15, -0.1) is 0 Å². The SMILES string of the molecule is CN(C)C(=O)COC(=O)c1ccccc1C(=O)c1ccccc1. The molecule has 0 unspecified atom stereocenters. The van der Waals surface area contributed by atoms with Gasteiger partial charge in [0.15, 0.2) is 12.4 Å². The van der Waals surface area contributed by atoms with Crippen LogP contribution in [0.3, 0.4) is 0 Å². The number of esters is 1. The zero-order chi connectivity index (χ0) is 16.8. The molecule has 5 heteroatoms. The minimum Gasteiger partial charge on any atom is -0.452 e. The van der Waals surface area contributed by atoms with Gasteiger partial charge in [0.2, 0.25) is 0 Å². The van der Waals surface area contributed by atoms with Crippen molar-refractivity contribution in [1.29, 1.82) is 0 Å². The highest BCUT2D eigenvalue weighted by Crippen LogP contribution is 2.15. The number of benzene rings is 2. The third-order valence-electron chi connectivity index (χ3n) is 3.25. The van der Waals surface area contributed by atoms with E-state index in [-0.39, 0.29) is 29.4 Å². The van der Waals surface area contributed by atoms with E-state index in [0.717, 1.165) is 0 Å². The lowest BCUT2D eigenvalue weighted by Gasteiger charge is -2.12. The van der Waals surface area contributed by atoms with Crippen molar-refractivity contribution in [3.05, 3.63) is 71.3 Å². The molecule has 0 bridgehead atoms. The predicted molar refractivity (Wildman–Crippen MR) is 85.3 cm³/mol. The minimum atomic E-state index is -0.694. The minimum absolute atomic E-state index is 0.146. The molecule has 0 spiro atoms. The average molecular weight is 311 g/mol. The van der Waals surface area contributed by atoms with Crippen LogP contribution in [0.15, 0.2) is 54.6 Å². The van der Waals surface area contributed by atoms with Gasteiger partial charge in [0, 0.05) is 25.2 Å². The number of carbonyl (C=O) groups excluding carboxylic acids is 3. The average Bonchev–Trinajstić information content (AvgIpc) is 2.59. The third-order valence-corrected chi connectivity index (χ3v) is 3.25. The Kier molecular flexibility index (Phi) is 5.25. The van der Waals surface area contributed by atoms with Crippen LogP contribution in [0.25, 0.3) is 0 Å². The monoisotopic (exact) mass is 311 g/mol. The van der Waals surface area contributed by atoms with Crippen LogP contribution >= 0.6 is 0 Å². The summed E-state index contributed by atoms with van der Waals surface area (Å²) < 4.78 is 5.00. The number of carbonyl (C=O) groups is 3. The molecular weight excluding hydrogens is 294 g/mol. The second-order valence-electron chi connectivity index (χ2n) is 5.11. The maximum absolute atomic E-state index is 12.5. The van der Waals surface area contributed by atoms with Crippen molar-refractivity contribution in [1.82, 2.24) is 4.90 Å². The Labute approximate surface area is 134 Å². The van der Waals surface area contributed by atoms with Gasteiger partial charge >= 0.3 is 5.97 Å². The smallest absolute Gasteiger partial charge is 0.339 e. The summed E-state index contributed by atoms with van der Waals surface area (Å²) in [5.41, 5.74) is 0.881. The Hall–Kier alpha value is -2.95. The lowest BCUT2D eigenvalue weighted by molar-refractivity contribution is -0.131. The molecule has 0 aliphatic carbocycles. The molecule has 1 amide bonds. The third kappa shape index (κ3) is 4.03. The first-order valence-corrected chi connectivity index (χ1v) is 7.06. The van der Waals surface area contributed by atoms with Crippen molar-refractivity contribution in [2.24, 2.45) is 0 Å². The second-order valence-corrected chi connectivity index (χ2v) is 5.11. The van der Waals surface area contributed by atoms with Crippen molar-refractivity contribution in [3.8, 4) is 0 Å². The number of nitrogens with zero attached hydrogens (tertiary/aromatic N) is 1. The van der Waals surface area contributed by atoms with Gasteiger partial charge in [-0.25, -0.2) is 4.79 Å². The summed E-state index contributed by atoms with van der Waals surface area (Å²) in [4.78, 5) is 37.5. The number of hydrogen-bond acceptors (Lipinski definition) is 4. The summed E-state index contributed by atoms with van der Waals surface area (Å²) in [7, 11) is 3.14. The van der Waals surface area contributed by atoms with Crippen molar-refractivity contribution in [2.75, 3.05) is 20.7 Å². The van der Waals surface area contributed by atoms with Crippen molar-refractivity contribution in [2.45, 2.75) is 0 Å². The van der Waals surface area contributed by atoms with E-state index in [2.05, 4.69) is 0 Å². The Morgan fingerprint density at radius 1 is 0.870 bits per heavy atom. The normalized spacial score (nSPS) is 10.0. The first kappa shape index (κ1) is 16.4. The fourth-order valence-corrected chi connectivity index (χ4v) is 1.94. The summed E-state index contributed by atoms with van der Waals surface area (Å²) in [6, 6.07) is 15.1. The van der Waals surface area contributed by atoms with Gasteiger partial charge in [0.25, 0.3) is 5.91 Å². The van der Waals surface area contributed by atoms with Crippen LogP contribution in [0.4, 0.5) is 0 Å². The highest BCUT2D eigenvalue weighted by Gasteiger charge is 2.19. The van der Waals surface area contributed by atoms with Crippen LogP contribution in [0.5, 0.6) is 0 Å². The molecule has 0 aliphatic rings. The lowest BCUT2D eigenvalue weighted by atomic mass is 9.98.